The molecule has 2 amide bonds. The largest absolute Gasteiger partial charge is 0.481 e. The molecular formula is C26H28N2O5. The molecule has 0 aromatic heterocycles. The van der Waals surface area contributed by atoms with Crippen LogP contribution in [0, 0.1) is 5.92 Å². The molecular weight excluding hydrogens is 420 g/mol. The fraction of sp³-hybridized carbons (Fsp3) is 0.346. The van der Waals surface area contributed by atoms with E-state index >= 15 is 0 Å². The molecule has 2 atom stereocenters. The van der Waals surface area contributed by atoms with Gasteiger partial charge in [-0.05, 0) is 48.9 Å². The first-order chi connectivity index (χ1) is 15.8. The second-order valence-electron chi connectivity index (χ2n) is 9.09. The first-order valence-corrected chi connectivity index (χ1v) is 11.1. The van der Waals surface area contributed by atoms with E-state index in [9.17, 15) is 19.5 Å². The molecule has 2 aliphatic carbocycles. The van der Waals surface area contributed by atoms with E-state index in [0.717, 1.165) is 22.3 Å². The molecule has 4 rings (SSSR count). The van der Waals surface area contributed by atoms with E-state index < -0.39 is 35.5 Å². The van der Waals surface area contributed by atoms with Gasteiger partial charge < -0.3 is 20.5 Å². The minimum absolute atomic E-state index is 0.0691. The van der Waals surface area contributed by atoms with E-state index in [1.165, 1.54) is 0 Å². The summed E-state index contributed by atoms with van der Waals surface area (Å²) in [4.78, 5) is 36.6. The second kappa shape index (κ2) is 9.10. The standard InChI is InChI=1S/C26H28N2O5/c1-26(2,24(31)27-17-9-7-8-16(14-17)23(29)30)28-25(32)33-15-22-20-12-5-3-10-18(20)19-11-4-6-13-21(19)22/h3-7,9-13,16-17,22H,8,14-15H2,1-2H3,(H,27,31)(H,28,32)(H,29,30)/t16-,17-/m0/s1. The van der Waals surface area contributed by atoms with Crippen molar-refractivity contribution in [2.45, 2.75) is 44.2 Å². The SMILES string of the molecule is CC(C)(NC(=O)OCC1c2ccccc2-c2ccccc21)C(=O)N[C@H]1C=CC[C@H](C(=O)O)C1. The Morgan fingerprint density at radius 3 is 2.24 bits per heavy atom. The number of hydrogen-bond donors (Lipinski definition) is 3. The number of fused-ring (bicyclic) bond motifs is 3. The fourth-order valence-corrected chi connectivity index (χ4v) is 4.49. The van der Waals surface area contributed by atoms with Crippen LogP contribution in [-0.4, -0.2) is 41.3 Å². The quantitative estimate of drug-likeness (QED) is 0.583. The van der Waals surface area contributed by atoms with Crippen LogP contribution in [0.4, 0.5) is 4.79 Å². The number of aliphatic carboxylic acids is 1. The molecule has 0 heterocycles. The minimum atomic E-state index is -1.23. The zero-order chi connectivity index (χ0) is 23.6. The summed E-state index contributed by atoms with van der Waals surface area (Å²) >= 11 is 0. The van der Waals surface area contributed by atoms with Crippen LogP contribution in [0.1, 0.15) is 43.7 Å². The highest BCUT2D eigenvalue weighted by atomic mass is 16.5. The summed E-state index contributed by atoms with van der Waals surface area (Å²) in [6, 6.07) is 15.8. The van der Waals surface area contributed by atoms with Crippen molar-refractivity contribution in [3.05, 3.63) is 71.8 Å². The summed E-state index contributed by atoms with van der Waals surface area (Å²) in [5, 5.41) is 14.7. The zero-order valence-electron chi connectivity index (χ0n) is 18.7. The summed E-state index contributed by atoms with van der Waals surface area (Å²) in [6.45, 7) is 3.33. The second-order valence-corrected chi connectivity index (χ2v) is 9.09. The number of carbonyl (C=O) groups is 3. The average molecular weight is 449 g/mol. The van der Waals surface area contributed by atoms with Crippen LogP contribution in [0.2, 0.25) is 0 Å². The van der Waals surface area contributed by atoms with Gasteiger partial charge in [0, 0.05) is 12.0 Å². The van der Waals surface area contributed by atoms with E-state index in [4.69, 9.17) is 4.74 Å². The van der Waals surface area contributed by atoms with Gasteiger partial charge in [0.15, 0.2) is 0 Å². The Bertz CT molecular complexity index is 1060. The van der Waals surface area contributed by atoms with Crippen LogP contribution >= 0.6 is 0 Å². The third kappa shape index (κ3) is 4.77. The molecule has 0 radical (unpaired) electrons. The number of nitrogens with one attached hydrogen (secondary N) is 2. The molecule has 3 N–H and O–H groups in total. The molecule has 0 saturated carbocycles. The summed E-state index contributed by atoms with van der Waals surface area (Å²) in [7, 11) is 0. The average Bonchev–Trinajstić information content (AvgIpc) is 3.11. The van der Waals surface area contributed by atoms with Gasteiger partial charge in [-0.25, -0.2) is 4.79 Å². The summed E-state index contributed by atoms with van der Waals surface area (Å²) in [6.07, 6.45) is 3.64. The third-order valence-corrected chi connectivity index (χ3v) is 6.32. The lowest BCUT2D eigenvalue weighted by molar-refractivity contribution is -0.142. The number of benzene rings is 2. The first kappa shape index (κ1) is 22.6. The van der Waals surface area contributed by atoms with Crippen molar-refractivity contribution in [2.75, 3.05) is 6.61 Å². The number of carboxylic acids is 1. The number of allylic oxidation sites excluding steroid dienone is 1. The number of carbonyl (C=O) groups excluding carboxylic acids is 2. The number of hydrogen-bond acceptors (Lipinski definition) is 4. The topological polar surface area (TPSA) is 105 Å². The molecule has 0 aliphatic heterocycles. The van der Waals surface area contributed by atoms with Gasteiger partial charge in [0.1, 0.15) is 12.1 Å². The molecule has 7 nitrogen and oxygen atoms in total. The molecule has 2 aromatic carbocycles. The highest BCUT2D eigenvalue weighted by molar-refractivity contribution is 5.89. The summed E-state index contributed by atoms with van der Waals surface area (Å²) < 4.78 is 5.54. The molecule has 0 bridgehead atoms. The van der Waals surface area contributed by atoms with Crippen molar-refractivity contribution in [3.63, 3.8) is 0 Å². The van der Waals surface area contributed by atoms with Crippen LogP contribution in [0.3, 0.4) is 0 Å². The maximum Gasteiger partial charge on any atom is 0.408 e. The minimum Gasteiger partial charge on any atom is -0.481 e. The van der Waals surface area contributed by atoms with Gasteiger partial charge >= 0.3 is 12.1 Å². The predicted octanol–water partition coefficient (Wildman–Crippen LogP) is 3.84. The maximum atomic E-state index is 12.8. The molecule has 7 heteroatoms. The van der Waals surface area contributed by atoms with Crippen LogP contribution in [0.15, 0.2) is 60.7 Å². The van der Waals surface area contributed by atoms with Gasteiger partial charge in [0.05, 0.1) is 5.92 Å². The van der Waals surface area contributed by atoms with Crippen molar-refractivity contribution >= 4 is 18.0 Å². The van der Waals surface area contributed by atoms with Gasteiger partial charge in [0.2, 0.25) is 5.91 Å². The summed E-state index contributed by atoms with van der Waals surface area (Å²) in [5.41, 5.74) is 3.28. The van der Waals surface area contributed by atoms with E-state index in [1.807, 2.05) is 36.4 Å². The molecule has 0 fully saturated rings. The van der Waals surface area contributed by atoms with Crippen LogP contribution in [-0.2, 0) is 14.3 Å². The third-order valence-electron chi connectivity index (χ3n) is 6.32. The number of rotatable bonds is 6. The van der Waals surface area contributed by atoms with Crippen molar-refractivity contribution in [1.82, 2.24) is 10.6 Å². The van der Waals surface area contributed by atoms with Gasteiger partial charge in [-0.3, -0.25) is 9.59 Å². The molecule has 172 valence electrons. The maximum absolute atomic E-state index is 12.8. The Hall–Kier alpha value is -3.61. The smallest absolute Gasteiger partial charge is 0.408 e. The Morgan fingerprint density at radius 2 is 1.64 bits per heavy atom. The fourth-order valence-electron chi connectivity index (χ4n) is 4.49. The molecule has 0 saturated heterocycles. The normalized spacial score (nSPS) is 19.3. The lowest BCUT2D eigenvalue weighted by Gasteiger charge is -2.29. The highest BCUT2D eigenvalue weighted by Gasteiger charge is 2.34. The Morgan fingerprint density at radius 1 is 1.03 bits per heavy atom. The van der Waals surface area contributed by atoms with E-state index in [2.05, 4.69) is 22.8 Å². The number of ether oxygens (including phenoxy) is 1. The molecule has 2 aromatic rings. The van der Waals surface area contributed by atoms with Crippen LogP contribution in [0.5, 0.6) is 0 Å². The number of alkyl carbamates (subject to hydrolysis) is 1. The van der Waals surface area contributed by atoms with Crippen molar-refractivity contribution in [2.24, 2.45) is 5.92 Å². The van der Waals surface area contributed by atoms with Gasteiger partial charge in [-0.15, -0.1) is 0 Å². The zero-order valence-corrected chi connectivity index (χ0v) is 18.7. The van der Waals surface area contributed by atoms with Gasteiger partial charge in [0.25, 0.3) is 0 Å². The van der Waals surface area contributed by atoms with Gasteiger partial charge in [-0.1, -0.05) is 60.7 Å². The van der Waals surface area contributed by atoms with Gasteiger partial charge in [-0.2, -0.15) is 0 Å². The van der Waals surface area contributed by atoms with E-state index in [1.54, 1.807) is 26.0 Å². The Labute approximate surface area is 192 Å². The number of carboxylic acid groups (broad SMARTS) is 1. The van der Waals surface area contributed by atoms with E-state index in [-0.39, 0.29) is 12.5 Å². The summed E-state index contributed by atoms with van der Waals surface area (Å²) in [5.74, 6) is -1.88. The molecule has 0 unspecified atom stereocenters. The Kier molecular flexibility index (Phi) is 6.22. The lowest BCUT2D eigenvalue weighted by Crippen LogP contribution is -2.57. The van der Waals surface area contributed by atoms with E-state index in [0.29, 0.717) is 12.8 Å². The van der Waals surface area contributed by atoms with Crippen LogP contribution in [0.25, 0.3) is 11.1 Å². The molecule has 33 heavy (non-hydrogen) atoms. The lowest BCUT2D eigenvalue weighted by atomic mass is 9.90. The highest BCUT2D eigenvalue weighted by Crippen LogP contribution is 2.44. The van der Waals surface area contributed by atoms with Crippen molar-refractivity contribution in [1.29, 1.82) is 0 Å². The monoisotopic (exact) mass is 448 g/mol. The molecule has 2 aliphatic rings. The van der Waals surface area contributed by atoms with Crippen molar-refractivity contribution in [3.8, 4) is 11.1 Å². The first-order valence-electron chi connectivity index (χ1n) is 11.1. The molecule has 0 spiro atoms. The predicted molar refractivity (Wildman–Crippen MR) is 124 cm³/mol. The Balaban J connectivity index is 1.36. The number of amides is 2. The van der Waals surface area contributed by atoms with Crippen LogP contribution < -0.4 is 10.6 Å². The van der Waals surface area contributed by atoms with Crippen molar-refractivity contribution < 1.29 is 24.2 Å².